The first-order chi connectivity index (χ1) is 9.85. The summed E-state index contributed by atoms with van der Waals surface area (Å²) in [5.41, 5.74) is 0. The van der Waals surface area contributed by atoms with E-state index in [4.69, 9.17) is 34.8 Å². The number of rotatable bonds is 6. The van der Waals surface area contributed by atoms with Crippen molar-refractivity contribution in [1.29, 1.82) is 0 Å². The molecule has 1 rings (SSSR count). The second-order valence-corrected chi connectivity index (χ2v) is 5.47. The summed E-state index contributed by atoms with van der Waals surface area (Å²) in [6.07, 6.45) is 4.06. The van der Waals surface area contributed by atoms with Crippen molar-refractivity contribution in [3.05, 3.63) is 21.3 Å². The Morgan fingerprint density at radius 3 is 2.10 bits per heavy atom. The molecule has 21 heavy (non-hydrogen) atoms. The average molecular weight is 356 g/mol. The summed E-state index contributed by atoms with van der Waals surface area (Å²) in [6, 6.07) is 1.31. The van der Waals surface area contributed by atoms with Gasteiger partial charge in [0.05, 0.1) is 11.0 Å². The number of hydrogen-bond acceptors (Lipinski definition) is 4. The molecular weight excluding hydrogens is 337 g/mol. The molecule has 0 saturated carbocycles. The molecule has 0 aliphatic rings. The Morgan fingerprint density at radius 2 is 1.71 bits per heavy atom. The largest absolute Gasteiger partial charge is 0.546 e. The summed E-state index contributed by atoms with van der Waals surface area (Å²) in [5.74, 6) is -0.487. The van der Waals surface area contributed by atoms with Gasteiger partial charge >= 0.3 is 0 Å². The molecule has 1 heterocycles. The van der Waals surface area contributed by atoms with E-state index in [1.165, 1.54) is 25.3 Å². The van der Waals surface area contributed by atoms with Crippen LogP contribution in [0.3, 0.4) is 0 Å². The van der Waals surface area contributed by atoms with Crippen LogP contribution in [0, 0.1) is 5.92 Å². The predicted octanol–water partition coefficient (Wildman–Crippen LogP) is 4.00. The van der Waals surface area contributed by atoms with E-state index >= 15 is 0 Å². The van der Waals surface area contributed by atoms with Gasteiger partial charge in [-0.25, -0.2) is 0 Å². The van der Waals surface area contributed by atoms with Gasteiger partial charge < -0.3 is 14.6 Å². The summed E-state index contributed by atoms with van der Waals surface area (Å²) < 4.78 is 4.69. The molecule has 0 unspecified atom stereocenters. The van der Waals surface area contributed by atoms with Crippen molar-refractivity contribution < 1.29 is 14.6 Å². The number of carbonyl (C=O) groups is 1. The molecule has 0 aromatic carbocycles. The first-order valence-electron chi connectivity index (χ1n) is 6.69. The van der Waals surface area contributed by atoms with Crippen molar-refractivity contribution >= 4 is 40.8 Å². The molecule has 0 fully saturated rings. The van der Waals surface area contributed by atoms with Crippen LogP contribution in [0.4, 0.5) is 0 Å². The van der Waals surface area contributed by atoms with Crippen molar-refractivity contribution in [3.63, 3.8) is 0 Å². The van der Waals surface area contributed by atoms with Gasteiger partial charge in [0, 0.05) is 0 Å². The SMILES string of the molecule is CCC(CC)CC.O=C([O-])COc1nc(Cl)c(Cl)cc1Cl. The molecule has 0 spiro atoms. The normalized spacial score (nSPS) is 10.0. The van der Waals surface area contributed by atoms with Crippen LogP contribution in [-0.4, -0.2) is 17.6 Å². The van der Waals surface area contributed by atoms with E-state index < -0.39 is 12.6 Å². The first-order valence-corrected chi connectivity index (χ1v) is 7.83. The number of nitrogens with zero attached hydrogens (tertiary/aromatic N) is 1. The van der Waals surface area contributed by atoms with E-state index in [1.807, 2.05) is 0 Å². The third-order valence-corrected chi connectivity index (χ3v) is 3.86. The van der Waals surface area contributed by atoms with Crippen LogP contribution in [0.25, 0.3) is 0 Å². The lowest BCUT2D eigenvalue weighted by Crippen LogP contribution is -2.29. The zero-order valence-corrected chi connectivity index (χ0v) is 14.6. The van der Waals surface area contributed by atoms with Gasteiger partial charge in [0.1, 0.15) is 11.6 Å². The first kappa shape index (κ1) is 20.3. The number of aromatic nitrogens is 1. The molecule has 0 aliphatic carbocycles. The van der Waals surface area contributed by atoms with Gasteiger partial charge in [-0.05, 0) is 12.0 Å². The third-order valence-electron chi connectivity index (χ3n) is 2.91. The zero-order chi connectivity index (χ0) is 16.4. The number of hydrogen-bond donors (Lipinski definition) is 0. The summed E-state index contributed by atoms with van der Waals surface area (Å²) in [4.78, 5) is 13.7. The Bertz CT molecular complexity index is 446. The molecule has 0 N–H and O–H groups in total. The molecular formula is C14H19Cl3NO3-. The van der Waals surface area contributed by atoms with Gasteiger partial charge in [-0.1, -0.05) is 74.8 Å². The number of pyridine rings is 1. The highest BCUT2D eigenvalue weighted by Gasteiger charge is 2.08. The number of ether oxygens (including phenoxy) is 1. The highest BCUT2D eigenvalue weighted by molar-refractivity contribution is 6.42. The molecule has 0 bridgehead atoms. The number of carboxylic acid groups (broad SMARTS) is 1. The van der Waals surface area contributed by atoms with Crippen molar-refractivity contribution in [1.82, 2.24) is 4.98 Å². The van der Waals surface area contributed by atoms with E-state index in [-0.39, 0.29) is 21.1 Å². The molecule has 0 aliphatic heterocycles. The van der Waals surface area contributed by atoms with Gasteiger partial charge in [0.25, 0.3) is 0 Å². The van der Waals surface area contributed by atoms with Crippen molar-refractivity contribution in [2.75, 3.05) is 6.61 Å². The fourth-order valence-electron chi connectivity index (χ4n) is 1.52. The average Bonchev–Trinajstić information content (AvgIpc) is 2.44. The van der Waals surface area contributed by atoms with Crippen LogP contribution in [0.5, 0.6) is 5.88 Å². The fraction of sp³-hybridized carbons (Fsp3) is 0.571. The van der Waals surface area contributed by atoms with Gasteiger partial charge in [-0.3, -0.25) is 0 Å². The topological polar surface area (TPSA) is 62.2 Å². The van der Waals surface area contributed by atoms with Gasteiger partial charge in [-0.2, -0.15) is 4.98 Å². The molecule has 4 nitrogen and oxygen atoms in total. The number of aliphatic carboxylic acids is 1. The van der Waals surface area contributed by atoms with E-state index in [1.54, 1.807) is 0 Å². The fourth-order valence-corrected chi connectivity index (χ4v) is 2.07. The molecule has 0 saturated heterocycles. The second kappa shape index (κ2) is 10.9. The van der Waals surface area contributed by atoms with Gasteiger partial charge in [0.2, 0.25) is 5.88 Å². The summed E-state index contributed by atoms with van der Waals surface area (Å²) >= 11 is 16.8. The lowest BCUT2D eigenvalue weighted by atomic mass is 10.0. The van der Waals surface area contributed by atoms with Crippen molar-refractivity contribution in [2.24, 2.45) is 5.92 Å². The highest BCUT2D eigenvalue weighted by Crippen LogP contribution is 2.30. The monoisotopic (exact) mass is 354 g/mol. The van der Waals surface area contributed by atoms with Crippen molar-refractivity contribution in [3.8, 4) is 5.88 Å². The van der Waals surface area contributed by atoms with Crippen LogP contribution in [0.15, 0.2) is 6.07 Å². The van der Waals surface area contributed by atoms with Crippen LogP contribution in [0.1, 0.15) is 40.0 Å². The maximum Gasteiger partial charge on any atom is 0.234 e. The van der Waals surface area contributed by atoms with E-state index in [2.05, 4.69) is 30.5 Å². The van der Waals surface area contributed by atoms with Crippen LogP contribution in [-0.2, 0) is 4.79 Å². The number of halogens is 3. The Labute approximate surface area is 140 Å². The minimum absolute atomic E-state index is 0.00980. The van der Waals surface area contributed by atoms with Gasteiger partial charge in [-0.15, -0.1) is 0 Å². The minimum atomic E-state index is -1.38. The lowest BCUT2D eigenvalue weighted by molar-refractivity contribution is -0.307. The van der Waals surface area contributed by atoms with E-state index in [9.17, 15) is 9.90 Å². The van der Waals surface area contributed by atoms with E-state index in [0.717, 1.165) is 5.92 Å². The standard InChI is InChI=1S/C7H4Cl3NO3.C7H16/c8-3-1-4(9)7(11-6(3)10)14-2-5(12)13;1-4-7(5-2)6-3/h1H,2H2,(H,12,13);7H,4-6H2,1-3H3/p-1. The summed E-state index contributed by atoms with van der Waals surface area (Å²) in [6.45, 7) is 6.14. The second-order valence-electron chi connectivity index (χ2n) is 4.30. The summed E-state index contributed by atoms with van der Waals surface area (Å²) in [5, 5.41) is 10.3. The number of carboxylic acids is 1. The van der Waals surface area contributed by atoms with Crippen LogP contribution < -0.4 is 9.84 Å². The lowest BCUT2D eigenvalue weighted by Gasteiger charge is -2.07. The Morgan fingerprint density at radius 1 is 1.19 bits per heavy atom. The summed E-state index contributed by atoms with van der Waals surface area (Å²) in [7, 11) is 0. The molecule has 7 heteroatoms. The van der Waals surface area contributed by atoms with Crippen LogP contribution >= 0.6 is 34.8 Å². The van der Waals surface area contributed by atoms with Crippen molar-refractivity contribution in [2.45, 2.75) is 40.0 Å². The Hall–Kier alpha value is -0.710. The Balaban J connectivity index is 0.000000486. The Kier molecular flexibility index (Phi) is 10.6. The van der Waals surface area contributed by atoms with Crippen LogP contribution in [0.2, 0.25) is 15.2 Å². The van der Waals surface area contributed by atoms with E-state index in [0.29, 0.717) is 0 Å². The number of carbonyl (C=O) groups excluding carboxylic acids is 1. The minimum Gasteiger partial charge on any atom is -0.546 e. The molecule has 120 valence electrons. The molecule has 0 radical (unpaired) electrons. The predicted molar refractivity (Wildman–Crippen MR) is 84.1 cm³/mol. The third kappa shape index (κ3) is 8.34. The molecule has 1 aromatic heterocycles. The zero-order valence-electron chi connectivity index (χ0n) is 12.3. The van der Waals surface area contributed by atoms with Gasteiger partial charge in [0.15, 0.2) is 5.15 Å². The quantitative estimate of drug-likeness (QED) is 0.723. The molecule has 0 atom stereocenters. The smallest absolute Gasteiger partial charge is 0.234 e. The molecule has 0 amide bonds. The highest BCUT2D eigenvalue weighted by atomic mass is 35.5. The molecule has 1 aromatic rings. The maximum absolute atomic E-state index is 10.1. The maximum atomic E-state index is 10.1.